The van der Waals surface area contributed by atoms with Gasteiger partial charge in [0.15, 0.2) is 0 Å². The van der Waals surface area contributed by atoms with Crippen molar-refractivity contribution < 1.29 is 9.90 Å². The summed E-state index contributed by atoms with van der Waals surface area (Å²) in [5.41, 5.74) is -1.01. The zero-order valence-electron chi connectivity index (χ0n) is 10.9. The average molecular weight is 255 g/mol. The quantitative estimate of drug-likeness (QED) is 0.868. The van der Waals surface area contributed by atoms with E-state index in [4.69, 9.17) is 0 Å². The van der Waals surface area contributed by atoms with E-state index in [0.29, 0.717) is 6.42 Å². The lowest BCUT2D eigenvalue weighted by molar-refractivity contribution is -0.124. The molecule has 0 radical (unpaired) electrons. The number of rotatable bonds is 4. The number of carbonyl (C=O) groups excluding carboxylic acids is 1. The van der Waals surface area contributed by atoms with Gasteiger partial charge in [0.2, 0.25) is 5.91 Å². The second-order valence-corrected chi connectivity index (χ2v) is 6.71. The Balaban J connectivity index is 2.48. The van der Waals surface area contributed by atoms with Crippen LogP contribution in [0.25, 0.3) is 0 Å². The number of hydrogen-bond donors (Lipinski definition) is 2. The molecule has 1 atom stereocenters. The fourth-order valence-electron chi connectivity index (χ4n) is 1.49. The van der Waals surface area contributed by atoms with Gasteiger partial charge in [-0.05, 0) is 23.8 Å². The third-order valence-corrected chi connectivity index (χ3v) is 3.50. The van der Waals surface area contributed by atoms with E-state index in [0.717, 1.165) is 4.88 Å². The molecule has 1 rings (SSSR count). The lowest BCUT2D eigenvalue weighted by atomic mass is 9.92. The highest BCUT2D eigenvalue weighted by molar-refractivity contribution is 7.10. The largest absolute Gasteiger partial charge is 0.383 e. The van der Waals surface area contributed by atoms with Gasteiger partial charge in [0.05, 0.1) is 6.54 Å². The number of thiophene rings is 1. The first kappa shape index (κ1) is 14.2. The number of amides is 1. The summed E-state index contributed by atoms with van der Waals surface area (Å²) in [5.74, 6) is -0.0191. The van der Waals surface area contributed by atoms with E-state index < -0.39 is 5.60 Å². The Morgan fingerprint density at radius 2 is 2.06 bits per heavy atom. The molecule has 0 bridgehead atoms. The molecule has 0 aliphatic rings. The van der Waals surface area contributed by atoms with Gasteiger partial charge < -0.3 is 10.4 Å². The molecule has 1 aromatic rings. The molecule has 0 aliphatic heterocycles. The zero-order chi connectivity index (χ0) is 13.1. The van der Waals surface area contributed by atoms with Crippen LogP contribution in [0.5, 0.6) is 0 Å². The molecule has 4 heteroatoms. The lowest BCUT2D eigenvalue weighted by Gasteiger charge is -2.24. The second kappa shape index (κ2) is 5.19. The number of carbonyl (C=O) groups is 1. The van der Waals surface area contributed by atoms with Crippen LogP contribution >= 0.6 is 11.3 Å². The van der Waals surface area contributed by atoms with Crippen LogP contribution in [-0.2, 0) is 10.4 Å². The van der Waals surface area contributed by atoms with Gasteiger partial charge in [0.25, 0.3) is 0 Å². The predicted octanol–water partition coefficient (Wildman–Crippen LogP) is 2.51. The molecule has 1 aromatic heterocycles. The van der Waals surface area contributed by atoms with E-state index in [1.165, 1.54) is 11.3 Å². The van der Waals surface area contributed by atoms with Gasteiger partial charge in [-0.15, -0.1) is 11.3 Å². The molecular weight excluding hydrogens is 234 g/mol. The molecule has 3 nitrogen and oxygen atoms in total. The minimum absolute atomic E-state index is 0.0191. The third kappa shape index (κ3) is 4.88. The summed E-state index contributed by atoms with van der Waals surface area (Å²) in [6.07, 6.45) is 0.466. The van der Waals surface area contributed by atoms with Gasteiger partial charge in [0.1, 0.15) is 5.60 Å². The van der Waals surface area contributed by atoms with E-state index in [1.54, 1.807) is 6.92 Å². The van der Waals surface area contributed by atoms with E-state index in [9.17, 15) is 9.90 Å². The van der Waals surface area contributed by atoms with Crippen molar-refractivity contribution >= 4 is 17.2 Å². The fourth-order valence-corrected chi connectivity index (χ4v) is 2.27. The van der Waals surface area contributed by atoms with Crippen molar-refractivity contribution in [3.8, 4) is 0 Å². The van der Waals surface area contributed by atoms with Crippen LogP contribution < -0.4 is 5.32 Å². The molecule has 17 heavy (non-hydrogen) atoms. The van der Waals surface area contributed by atoms with Gasteiger partial charge in [-0.1, -0.05) is 26.8 Å². The minimum atomic E-state index is -0.984. The van der Waals surface area contributed by atoms with Crippen molar-refractivity contribution in [1.29, 1.82) is 0 Å². The van der Waals surface area contributed by atoms with Crippen LogP contribution in [0.2, 0.25) is 0 Å². The van der Waals surface area contributed by atoms with Gasteiger partial charge in [-0.25, -0.2) is 0 Å². The van der Waals surface area contributed by atoms with E-state index in [1.807, 2.05) is 38.3 Å². The number of aliphatic hydroxyl groups is 1. The number of hydrogen-bond acceptors (Lipinski definition) is 3. The summed E-state index contributed by atoms with van der Waals surface area (Å²) in [7, 11) is 0. The van der Waals surface area contributed by atoms with Crippen molar-refractivity contribution in [3.63, 3.8) is 0 Å². The van der Waals surface area contributed by atoms with Crippen molar-refractivity contribution in [2.45, 2.75) is 39.7 Å². The summed E-state index contributed by atoms with van der Waals surface area (Å²) < 4.78 is 0. The summed E-state index contributed by atoms with van der Waals surface area (Å²) in [6.45, 7) is 8.02. The Morgan fingerprint density at radius 1 is 1.41 bits per heavy atom. The Hall–Kier alpha value is -0.870. The highest BCUT2D eigenvalue weighted by atomic mass is 32.1. The molecule has 0 fully saturated rings. The maximum atomic E-state index is 11.7. The fraction of sp³-hybridized carbons (Fsp3) is 0.615. The maximum Gasteiger partial charge on any atom is 0.220 e. The van der Waals surface area contributed by atoms with Gasteiger partial charge in [-0.2, -0.15) is 0 Å². The van der Waals surface area contributed by atoms with Crippen molar-refractivity contribution in [2.75, 3.05) is 6.54 Å². The van der Waals surface area contributed by atoms with Gasteiger partial charge in [0, 0.05) is 11.3 Å². The van der Waals surface area contributed by atoms with E-state index in [2.05, 4.69) is 5.32 Å². The first-order valence-electron chi connectivity index (χ1n) is 5.74. The Kier molecular flexibility index (Phi) is 4.33. The first-order chi connectivity index (χ1) is 7.71. The molecule has 2 N–H and O–H groups in total. The predicted molar refractivity (Wildman–Crippen MR) is 71.0 cm³/mol. The third-order valence-electron chi connectivity index (χ3n) is 2.37. The molecule has 0 aliphatic carbocycles. The Bertz CT molecular complexity index is 363. The maximum absolute atomic E-state index is 11.7. The van der Waals surface area contributed by atoms with E-state index in [-0.39, 0.29) is 17.9 Å². The summed E-state index contributed by atoms with van der Waals surface area (Å²) in [6, 6.07) is 3.77. The molecule has 0 saturated heterocycles. The van der Waals surface area contributed by atoms with Gasteiger partial charge in [-0.3, -0.25) is 4.79 Å². The Morgan fingerprint density at radius 3 is 2.53 bits per heavy atom. The van der Waals surface area contributed by atoms with Crippen LogP contribution in [0.4, 0.5) is 0 Å². The molecule has 0 aromatic carbocycles. The van der Waals surface area contributed by atoms with Crippen LogP contribution in [0.3, 0.4) is 0 Å². The summed E-state index contributed by atoms with van der Waals surface area (Å²) >= 11 is 1.49. The second-order valence-electron chi connectivity index (χ2n) is 5.77. The van der Waals surface area contributed by atoms with Crippen molar-refractivity contribution in [2.24, 2.45) is 5.41 Å². The van der Waals surface area contributed by atoms with Crippen LogP contribution in [0.15, 0.2) is 17.5 Å². The highest BCUT2D eigenvalue weighted by Gasteiger charge is 2.25. The summed E-state index contributed by atoms with van der Waals surface area (Å²) in [4.78, 5) is 12.5. The van der Waals surface area contributed by atoms with Crippen LogP contribution in [0.1, 0.15) is 39.0 Å². The highest BCUT2D eigenvalue weighted by Crippen LogP contribution is 2.24. The molecule has 0 saturated carbocycles. The molecule has 0 spiro atoms. The van der Waals surface area contributed by atoms with Crippen LogP contribution in [-0.4, -0.2) is 17.6 Å². The summed E-state index contributed by atoms with van der Waals surface area (Å²) in [5, 5.41) is 14.9. The molecular formula is C13H21NO2S. The van der Waals surface area contributed by atoms with Gasteiger partial charge >= 0.3 is 0 Å². The lowest BCUT2D eigenvalue weighted by Crippen LogP contribution is -2.39. The van der Waals surface area contributed by atoms with Crippen molar-refractivity contribution in [1.82, 2.24) is 5.32 Å². The van der Waals surface area contributed by atoms with Crippen LogP contribution in [0, 0.1) is 5.41 Å². The normalized spacial score (nSPS) is 15.4. The minimum Gasteiger partial charge on any atom is -0.383 e. The molecule has 1 unspecified atom stereocenters. The monoisotopic (exact) mass is 255 g/mol. The average Bonchev–Trinajstić information content (AvgIpc) is 2.65. The van der Waals surface area contributed by atoms with E-state index >= 15 is 0 Å². The SMILES string of the molecule is CC(C)(C)CC(=O)NCC(C)(O)c1cccs1. The Labute approximate surface area is 107 Å². The zero-order valence-corrected chi connectivity index (χ0v) is 11.7. The molecule has 1 heterocycles. The standard InChI is InChI=1S/C13H21NO2S/c1-12(2,3)8-11(15)14-9-13(4,16)10-6-5-7-17-10/h5-7,16H,8-9H2,1-4H3,(H,14,15). The van der Waals surface area contributed by atoms with Crippen molar-refractivity contribution in [3.05, 3.63) is 22.4 Å². The topological polar surface area (TPSA) is 49.3 Å². The first-order valence-corrected chi connectivity index (χ1v) is 6.62. The molecule has 1 amide bonds. The number of nitrogens with one attached hydrogen (secondary N) is 1. The smallest absolute Gasteiger partial charge is 0.220 e. The molecule has 96 valence electrons.